The van der Waals surface area contributed by atoms with Crippen molar-refractivity contribution in [2.75, 3.05) is 0 Å². The Hall–Kier alpha value is -2.21. The molecule has 1 aromatic rings. The molecule has 1 fully saturated rings. The third-order valence-corrected chi connectivity index (χ3v) is 3.46. The number of rotatable bonds is 4. The highest BCUT2D eigenvalue weighted by atomic mass is 16.2. The molecule has 112 valence electrons. The van der Waals surface area contributed by atoms with Crippen LogP contribution in [0.4, 0.5) is 0 Å². The molecule has 6 nitrogen and oxygen atoms in total. The number of nitrogens with one attached hydrogen (secondary N) is 1. The van der Waals surface area contributed by atoms with Gasteiger partial charge in [-0.25, -0.2) is 0 Å². The van der Waals surface area contributed by atoms with Crippen LogP contribution in [0.2, 0.25) is 0 Å². The van der Waals surface area contributed by atoms with E-state index >= 15 is 0 Å². The van der Waals surface area contributed by atoms with Crippen molar-refractivity contribution in [2.45, 2.75) is 38.4 Å². The van der Waals surface area contributed by atoms with Crippen LogP contribution >= 0.6 is 0 Å². The molecule has 1 aromatic carbocycles. The maximum atomic E-state index is 12.1. The second kappa shape index (κ2) is 6.05. The number of carbonyl (C=O) groups excluding carboxylic acids is 3. The van der Waals surface area contributed by atoms with Gasteiger partial charge in [-0.15, -0.1) is 0 Å². The largest absolute Gasteiger partial charge is 0.342 e. The molecule has 1 aliphatic rings. The van der Waals surface area contributed by atoms with E-state index in [2.05, 4.69) is 5.32 Å². The molecule has 0 saturated carbocycles. The van der Waals surface area contributed by atoms with Gasteiger partial charge in [0.15, 0.2) is 0 Å². The first kappa shape index (κ1) is 15.2. The molecule has 3 amide bonds. The number of nitrogens with zero attached hydrogens (tertiary/aromatic N) is 1. The molecule has 0 spiro atoms. The Morgan fingerprint density at radius 2 is 1.90 bits per heavy atom. The zero-order valence-corrected chi connectivity index (χ0v) is 12.1. The van der Waals surface area contributed by atoms with Gasteiger partial charge in [-0.3, -0.25) is 19.3 Å². The Labute approximate surface area is 123 Å². The molecule has 3 N–H and O–H groups in total. The predicted molar refractivity (Wildman–Crippen MR) is 76.9 cm³/mol. The minimum Gasteiger partial charge on any atom is -0.342 e. The van der Waals surface area contributed by atoms with Crippen molar-refractivity contribution in [2.24, 2.45) is 5.73 Å². The van der Waals surface area contributed by atoms with Gasteiger partial charge >= 0.3 is 0 Å². The minimum absolute atomic E-state index is 0.00966. The highest BCUT2D eigenvalue weighted by molar-refractivity contribution is 6.07. The maximum absolute atomic E-state index is 12.1. The lowest BCUT2D eigenvalue weighted by Gasteiger charge is -2.20. The monoisotopic (exact) mass is 289 g/mol. The molecule has 1 heterocycles. The first-order valence-corrected chi connectivity index (χ1v) is 6.88. The highest BCUT2D eigenvalue weighted by Gasteiger charge is 2.41. The van der Waals surface area contributed by atoms with Gasteiger partial charge in [-0.1, -0.05) is 30.3 Å². The lowest BCUT2D eigenvalue weighted by molar-refractivity contribution is -0.141. The van der Waals surface area contributed by atoms with Gasteiger partial charge in [0.25, 0.3) is 5.91 Å². The average Bonchev–Trinajstić information content (AvgIpc) is 2.73. The van der Waals surface area contributed by atoms with Gasteiger partial charge < -0.3 is 11.1 Å². The molecule has 0 bridgehead atoms. The summed E-state index contributed by atoms with van der Waals surface area (Å²) in [6, 6.07) is 6.99. The SMILES string of the molecule is CC(C)N1C(=O)CC(NC(=O)C(N)c2ccccc2)C1=O. The van der Waals surface area contributed by atoms with Gasteiger partial charge in [-0.2, -0.15) is 0 Å². The van der Waals surface area contributed by atoms with E-state index < -0.39 is 18.0 Å². The fourth-order valence-corrected chi connectivity index (χ4v) is 2.38. The van der Waals surface area contributed by atoms with Gasteiger partial charge in [0.05, 0.1) is 6.42 Å². The summed E-state index contributed by atoms with van der Waals surface area (Å²) in [6.45, 7) is 3.52. The molecule has 6 heteroatoms. The van der Waals surface area contributed by atoms with E-state index in [0.29, 0.717) is 5.56 Å². The molecule has 2 rings (SSSR count). The molecule has 1 aliphatic heterocycles. The van der Waals surface area contributed by atoms with E-state index in [1.165, 1.54) is 4.90 Å². The zero-order valence-electron chi connectivity index (χ0n) is 12.1. The van der Waals surface area contributed by atoms with Crippen LogP contribution in [0.25, 0.3) is 0 Å². The molecule has 0 aliphatic carbocycles. The van der Waals surface area contributed by atoms with Gasteiger partial charge in [-0.05, 0) is 19.4 Å². The zero-order chi connectivity index (χ0) is 15.6. The highest BCUT2D eigenvalue weighted by Crippen LogP contribution is 2.17. The van der Waals surface area contributed by atoms with Crippen LogP contribution in [-0.4, -0.2) is 34.7 Å². The molecule has 0 aromatic heterocycles. The Bertz CT molecular complexity index is 557. The van der Waals surface area contributed by atoms with Crippen molar-refractivity contribution in [3.8, 4) is 0 Å². The van der Waals surface area contributed by atoms with Crippen LogP contribution in [0.1, 0.15) is 31.9 Å². The second-order valence-electron chi connectivity index (χ2n) is 5.35. The van der Waals surface area contributed by atoms with E-state index in [1.54, 1.807) is 38.1 Å². The second-order valence-corrected chi connectivity index (χ2v) is 5.35. The van der Waals surface area contributed by atoms with Crippen molar-refractivity contribution in [1.82, 2.24) is 10.2 Å². The first-order valence-electron chi connectivity index (χ1n) is 6.88. The summed E-state index contributed by atoms with van der Waals surface area (Å²) in [7, 11) is 0. The minimum atomic E-state index is -0.859. The third-order valence-electron chi connectivity index (χ3n) is 3.46. The van der Waals surface area contributed by atoms with Gasteiger partial charge in [0.1, 0.15) is 12.1 Å². The lowest BCUT2D eigenvalue weighted by Crippen LogP contribution is -2.46. The molecule has 21 heavy (non-hydrogen) atoms. The van der Waals surface area contributed by atoms with Crippen molar-refractivity contribution < 1.29 is 14.4 Å². The molecule has 2 atom stereocenters. The third kappa shape index (κ3) is 3.11. The Morgan fingerprint density at radius 1 is 1.29 bits per heavy atom. The molecule has 0 radical (unpaired) electrons. The number of benzene rings is 1. The fraction of sp³-hybridized carbons (Fsp3) is 0.400. The van der Waals surface area contributed by atoms with Gasteiger partial charge in [0.2, 0.25) is 11.8 Å². The summed E-state index contributed by atoms with van der Waals surface area (Å²) in [4.78, 5) is 37.2. The number of hydrogen-bond donors (Lipinski definition) is 2. The lowest BCUT2D eigenvalue weighted by atomic mass is 10.1. The Balaban J connectivity index is 2.04. The van der Waals surface area contributed by atoms with E-state index in [4.69, 9.17) is 5.73 Å². The number of imide groups is 1. The summed E-state index contributed by atoms with van der Waals surface area (Å²) in [5.74, 6) is -1.10. The van der Waals surface area contributed by atoms with E-state index in [-0.39, 0.29) is 24.3 Å². The van der Waals surface area contributed by atoms with E-state index in [0.717, 1.165) is 0 Å². The molecule has 2 unspecified atom stereocenters. The summed E-state index contributed by atoms with van der Waals surface area (Å²) >= 11 is 0. The standard InChI is InChI=1S/C15H19N3O3/c1-9(2)18-12(19)8-11(15(18)21)17-14(20)13(16)10-6-4-3-5-7-10/h3-7,9,11,13H,8,16H2,1-2H3,(H,17,20). The smallest absolute Gasteiger partial charge is 0.252 e. The summed E-state index contributed by atoms with van der Waals surface area (Å²) in [6.07, 6.45) is -0.00966. The quantitative estimate of drug-likeness (QED) is 0.782. The summed E-state index contributed by atoms with van der Waals surface area (Å²) in [5, 5.41) is 2.57. The van der Waals surface area contributed by atoms with Crippen molar-refractivity contribution >= 4 is 17.7 Å². The normalized spacial score (nSPS) is 20.0. The fourth-order valence-electron chi connectivity index (χ4n) is 2.38. The van der Waals surface area contributed by atoms with Crippen molar-refractivity contribution in [1.29, 1.82) is 0 Å². The van der Waals surface area contributed by atoms with Crippen LogP contribution in [0.5, 0.6) is 0 Å². The number of hydrogen-bond acceptors (Lipinski definition) is 4. The van der Waals surface area contributed by atoms with Crippen LogP contribution < -0.4 is 11.1 Å². The van der Waals surface area contributed by atoms with E-state index in [1.807, 2.05) is 6.07 Å². The summed E-state index contributed by atoms with van der Waals surface area (Å²) in [5.41, 5.74) is 6.53. The topological polar surface area (TPSA) is 92.5 Å². The van der Waals surface area contributed by atoms with Crippen molar-refractivity contribution in [3.63, 3.8) is 0 Å². The van der Waals surface area contributed by atoms with Crippen LogP contribution in [0.3, 0.4) is 0 Å². The summed E-state index contributed by atoms with van der Waals surface area (Å²) < 4.78 is 0. The van der Waals surface area contributed by atoms with Crippen molar-refractivity contribution in [3.05, 3.63) is 35.9 Å². The van der Waals surface area contributed by atoms with Crippen LogP contribution in [0, 0.1) is 0 Å². The molecular weight excluding hydrogens is 270 g/mol. The number of amides is 3. The number of nitrogens with two attached hydrogens (primary N) is 1. The average molecular weight is 289 g/mol. The molecular formula is C15H19N3O3. The van der Waals surface area contributed by atoms with Crippen LogP contribution in [-0.2, 0) is 14.4 Å². The Morgan fingerprint density at radius 3 is 2.43 bits per heavy atom. The predicted octanol–water partition coefficient (Wildman–Crippen LogP) is 0.339. The Kier molecular flexibility index (Phi) is 4.37. The van der Waals surface area contributed by atoms with E-state index in [9.17, 15) is 14.4 Å². The number of likely N-dealkylation sites (tertiary alicyclic amines) is 1. The van der Waals surface area contributed by atoms with Crippen LogP contribution in [0.15, 0.2) is 30.3 Å². The molecule has 1 saturated heterocycles. The number of carbonyl (C=O) groups is 3. The van der Waals surface area contributed by atoms with Gasteiger partial charge in [0, 0.05) is 6.04 Å². The maximum Gasteiger partial charge on any atom is 0.252 e. The first-order chi connectivity index (χ1) is 9.91.